The van der Waals surface area contributed by atoms with Gasteiger partial charge in [0.15, 0.2) is 0 Å². The van der Waals surface area contributed by atoms with Gasteiger partial charge in [0.25, 0.3) is 5.91 Å². The highest BCUT2D eigenvalue weighted by Gasteiger charge is 2.23. The van der Waals surface area contributed by atoms with Crippen molar-refractivity contribution >= 4 is 17.7 Å². The molecule has 2 N–H and O–H groups in total. The normalized spacial score (nSPS) is 15.1. The van der Waals surface area contributed by atoms with E-state index in [4.69, 9.17) is 0 Å². The third kappa shape index (κ3) is 3.27. The number of aliphatic hydroxyl groups is 1. The summed E-state index contributed by atoms with van der Waals surface area (Å²) in [5.74, 6) is 0.858. The van der Waals surface area contributed by atoms with Crippen molar-refractivity contribution < 1.29 is 9.90 Å². The molecule has 0 aromatic heterocycles. The molecule has 1 aromatic rings. The molecule has 0 spiro atoms. The van der Waals surface area contributed by atoms with E-state index in [-0.39, 0.29) is 5.91 Å². The average Bonchev–Trinajstić information content (AvgIpc) is 2.34. The van der Waals surface area contributed by atoms with E-state index in [2.05, 4.69) is 17.4 Å². The van der Waals surface area contributed by atoms with E-state index in [1.165, 1.54) is 36.5 Å². The van der Waals surface area contributed by atoms with Crippen LogP contribution in [0.2, 0.25) is 0 Å². The highest BCUT2D eigenvalue weighted by atomic mass is 32.2. The Morgan fingerprint density at radius 3 is 3.00 bits per heavy atom. The lowest BCUT2D eigenvalue weighted by Gasteiger charge is -2.18. The summed E-state index contributed by atoms with van der Waals surface area (Å²) < 4.78 is 0. The fraction of sp³-hybridized carbons (Fsp3) is 0.500. The number of hydrogen-bond donors (Lipinski definition) is 2. The molecular weight excluding hydrogens is 246 g/mol. The number of carbonyl (C=O) groups is 1. The second kappa shape index (κ2) is 5.33. The topological polar surface area (TPSA) is 49.3 Å². The van der Waals surface area contributed by atoms with Gasteiger partial charge >= 0.3 is 0 Å². The lowest BCUT2D eigenvalue weighted by Crippen LogP contribution is -2.41. The third-order valence-electron chi connectivity index (χ3n) is 2.98. The van der Waals surface area contributed by atoms with Crippen LogP contribution < -0.4 is 5.32 Å². The van der Waals surface area contributed by atoms with Gasteiger partial charge in [-0.05, 0) is 49.6 Å². The first kappa shape index (κ1) is 13.4. The molecule has 4 heteroatoms. The maximum absolute atomic E-state index is 11.6. The van der Waals surface area contributed by atoms with Crippen LogP contribution in [0, 0.1) is 0 Å². The van der Waals surface area contributed by atoms with Gasteiger partial charge in [-0.3, -0.25) is 4.79 Å². The minimum atomic E-state index is -1.32. The van der Waals surface area contributed by atoms with E-state index >= 15 is 0 Å². The van der Waals surface area contributed by atoms with Gasteiger partial charge in [0, 0.05) is 11.4 Å². The second-order valence-electron chi connectivity index (χ2n) is 5.14. The predicted octanol–water partition coefficient (Wildman–Crippen LogP) is 2.11. The maximum Gasteiger partial charge on any atom is 0.251 e. The van der Waals surface area contributed by atoms with Crippen molar-refractivity contribution in [3.05, 3.63) is 29.3 Å². The molecule has 1 aliphatic heterocycles. The van der Waals surface area contributed by atoms with Gasteiger partial charge in [-0.25, -0.2) is 0 Å². The zero-order chi connectivity index (χ0) is 13.2. The average molecular weight is 265 g/mol. The molecule has 1 aromatic carbocycles. The molecular formula is C14H19NO2S. The molecule has 2 rings (SSSR count). The van der Waals surface area contributed by atoms with Crippen molar-refractivity contribution in [2.75, 3.05) is 5.75 Å². The Morgan fingerprint density at radius 1 is 1.50 bits per heavy atom. The molecule has 98 valence electrons. The lowest BCUT2D eigenvalue weighted by molar-refractivity contribution is -0.136. The van der Waals surface area contributed by atoms with Crippen LogP contribution in [0.15, 0.2) is 23.1 Å². The van der Waals surface area contributed by atoms with E-state index in [0.29, 0.717) is 6.54 Å². The first-order valence-electron chi connectivity index (χ1n) is 6.22. The molecule has 0 saturated heterocycles. The van der Waals surface area contributed by atoms with Crippen LogP contribution in [0.1, 0.15) is 31.4 Å². The Labute approximate surface area is 112 Å². The highest BCUT2D eigenvalue weighted by Crippen LogP contribution is 2.30. The number of aryl methyl sites for hydroxylation is 1. The summed E-state index contributed by atoms with van der Waals surface area (Å²) in [5, 5.41) is 12.3. The number of fused-ring (bicyclic) bond motifs is 1. The first-order chi connectivity index (χ1) is 8.47. The van der Waals surface area contributed by atoms with Crippen LogP contribution in [0.3, 0.4) is 0 Å². The first-order valence-corrected chi connectivity index (χ1v) is 7.20. The number of carbonyl (C=O) groups excluding carboxylic acids is 1. The molecule has 1 amide bonds. The van der Waals surface area contributed by atoms with E-state index in [1.807, 2.05) is 17.8 Å². The molecule has 3 nitrogen and oxygen atoms in total. The van der Waals surface area contributed by atoms with Crippen molar-refractivity contribution in [1.29, 1.82) is 0 Å². The van der Waals surface area contributed by atoms with Crippen LogP contribution >= 0.6 is 11.8 Å². The summed E-state index contributed by atoms with van der Waals surface area (Å²) in [7, 11) is 0. The van der Waals surface area contributed by atoms with Crippen LogP contribution in [0.4, 0.5) is 0 Å². The van der Waals surface area contributed by atoms with Crippen molar-refractivity contribution in [3.63, 3.8) is 0 Å². The van der Waals surface area contributed by atoms with Gasteiger partial charge in [-0.15, -0.1) is 11.8 Å². The summed E-state index contributed by atoms with van der Waals surface area (Å²) in [4.78, 5) is 12.9. The van der Waals surface area contributed by atoms with Crippen LogP contribution in [0.25, 0.3) is 0 Å². The van der Waals surface area contributed by atoms with Gasteiger partial charge in [0.05, 0.1) is 0 Å². The molecule has 0 bridgehead atoms. The number of nitrogens with one attached hydrogen (secondary N) is 1. The summed E-state index contributed by atoms with van der Waals surface area (Å²) in [5.41, 5.74) is 1.15. The molecule has 1 aliphatic rings. The predicted molar refractivity (Wildman–Crippen MR) is 73.6 cm³/mol. The molecule has 0 radical (unpaired) electrons. The quantitative estimate of drug-likeness (QED) is 0.880. The van der Waals surface area contributed by atoms with Crippen LogP contribution in [-0.2, 0) is 17.8 Å². The Bertz CT molecular complexity index is 452. The third-order valence-corrected chi connectivity index (χ3v) is 4.18. The molecule has 0 saturated carbocycles. The largest absolute Gasteiger partial charge is 0.381 e. The minimum Gasteiger partial charge on any atom is -0.381 e. The Morgan fingerprint density at radius 2 is 2.28 bits per heavy atom. The molecule has 0 atom stereocenters. The van der Waals surface area contributed by atoms with E-state index < -0.39 is 5.60 Å². The smallest absolute Gasteiger partial charge is 0.251 e. The monoisotopic (exact) mass is 265 g/mol. The minimum absolute atomic E-state index is 0.338. The molecule has 18 heavy (non-hydrogen) atoms. The van der Waals surface area contributed by atoms with E-state index in [1.54, 1.807) is 0 Å². The zero-order valence-electron chi connectivity index (χ0n) is 10.8. The summed E-state index contributed by atoms with van der Waals surface area (Å²) in [6.45, 7) is 3.46. The van der Waals surface area contributed by atoms with Crippen molar-refractivity contribution in [3.8, 4) is 0 Å². The van der Waals surface area contributed by atoms with Crippen molar-refractivity contribution in [1.82, 2.24) is 5.32 Å². The van der Waals surface area contributed by atoms with Gasteiger partial charge in [-0.1, -0.05) is 12.1 Å². The van der Waals surface area contributed by atoms with Crippen LogP contribution in [0.5, 0.6) is 0 Å². The standard InChI is InChI=1S/C14H19NO2S/c1-14(2,17)13(16)15-9-10-5-6-12-11(8-10)4-3-7-18-12/h5-6,8,17H,3-4,7,9H2,1-2H3,(H,15,16). The van der Waals surface area contributed by atoms with Crippen molar-refractivity contribution in [2.45, 2.75) is 43.7 Å². The van der Waals surface area contributed by atoms with Crippen molar-refractivity contribution in [2.24, 2.45) is 0 Å². The Kier molecular flexibility index (Phi) is 3.97. The fourth-order valence-corrected chi connectivity index (χ4v) is 2.94. The number of rotatable bonds is 3. The summed E-state index contributed by atoms with van der Waals surface area (Å²) in [6, 6.07) is 6.33. The second-order valence-corrected chi connectivity index (χ2v) is 6.27. The SMILES string of the molecule is CC(C)(O)C(=O)NCc1ccc2c(c1)CCCS2. The zero-order valence-corrected chi connectivity index (χ0v) is 11.6. The lowest BCUT2D eigenvalue weighted by atomic mass is 10.1. The molecule has 0 aliphatic carbocycles. The van der Waals surface area contributed by atoms with Crippen LogP contribution in [-0.4, -0.2) is 22.4 Å². The Hall–Kier alpha value is -1.00. The van der Waals surface area contributed by atoms with Gasteiger partial charge in [0.1, 0.15) is 5.60 Å². The van der Waals surface area contributed by atoms with E-state index in [9.17, 15) is 9.90 Å². The summed E-state index contributed by atoms with van der Waals surface area (Å²) in [6.07, 6.45) is 2.34. The maximum atomic E-state index is 11.6. The molecule has 0 fully saturated rings. The Balaban J connectivity index is 2.00. The number of thioether (sulfide) groups is 1. The van der Waals surface area contributed by atoms with Gasteiger partial charge < -0.3 is 10.4 Å². The highest BCUT2D eigenvalue weighted by molar-refractivity contribution is 7.99. The number of benzene rings is 1. The number of hydrogen-bond acceptors (Lipinski definition) is 3. The number of amides is 1. The fourth-order valence-electron chi connectivity index (χ4n) is 1.92. The van der Waals surface area contributed by atoms with Gasteiger partial charge in [-0.2, -0.15) is 0 Å². The van der Waals surface area contributed by atoms with E-state index in [0.717, 1.165) is 12.0 Å². The van der Waals surface area contributed by atoms with Gasteiger partial charge in [0.2, 0.25) is 0 Å². The molecule has 1 heterocycles. The summed E-state index contributed by atoms with van der Waals surface area (Å²) >= 11 is 1.90. The molecule has 0 unspecified atom stereocenters.